The molecule has 0 radical (unpaired) electrons. The van der Waals surface area contributed by atoms with Gasteiger partial charge in [-0.15, -0.1) is 0 Å². The van der Waals surface area contributed by atoms with Crippen molar-refractivity contribution in [3.05, 3.63) is 34.1 Å². The van der Waals surface area contributed by atoms with Crippen molar-refractivity contribution in [3.63, 3.8) is 0 Å². The van der Waals surface area contributed by atoms with Gasteiger partial charge in [0.1, 0.15) is 5.82 Å². The zero-order valence-corrected chi connectivity index (χ0v) is 12.3. The number of halogens is 2. The molecule has 0 heterocycles. The number of hydrogen-bond donors (Lipinski definition) is 2. The van der Waals surface area contributed by atoms with Crippen LogP contribution in [0, 0.1) is 5.82 Å². The molecule has 2 unspecified atom stereocenters. The predicted octanol–water partition coefficient (Wildman–Crippen LogP) is 2.79. The maximum absolute atomic E-state index is 13.1. The van der Waals surface area contributed by atoms with Gasteiger partial charge in [-0.1, -0.05) is 15.9 Å². The Morgan fingerprint density at radius 2 is 2.18 bits per heavy atom. The highest BCUT2D eigenvalue weighted by Crippen LogP contribution is 2.16. The van der Waals surface area contributed by atoms with Gasteiger partial charge in [-0.2, -0.15) is 11.8 Å². The van der Waals surface area contributed by atoms with Crippen molar-refractivity contribution >= 4 is 27.7 Å². The Morgan fingerprint density at radius 3 is 2.71 bits per heavy atom. The first-order valence-electron chi connectivity index (χ1n) is 5.38. The highest BCUT2D eigenvalue weighted by Gasteiger charge is 2.14. The number of benzene rings is 1. The SMILES string of the molecule is CSC(CO)C(C)NCc1cc(F)cc(Br)c1. The van der Waals surface area contributed by atoms with Crippen LogP contribution < -0.4 is 5.32 Å². The lowest BCUT2D eigenvalue weighted by Crippen LogP contribution is -2.37. The largest absolute Gasteiger partial charge is 0.395 e. The first-order valence-corrected chi connectivity index (χ1v) is 7.47. The summed E-state index contributed by atoms with van der Waals surface area (Å²) >= 11 is 4.89. The van der Waals surface area contributed by atoms with Gasteiger partial charge in [0.2, 0.25) is 0 Å². The van der Waals surface area contributed by atoms with Crippen LogP contribution in [-0.4, -0.2) is 29.3 Å². The van der Waals surface area contributed by atoms with Gasteiger partial charge >= 0.3 is 0 Å². The zero-order valence-electron chi connectivity index (χ0n) is 9.91. The average molecular weight is 322 g/mol. The third-order valence-corrected chi connectivity index (χ3v) is 4.21. The molecule has 1 aromatic rings. The van der Waals surface area contributed by atoms with Crippen LogP contribution in [0.15, 0.2) is 22.7 Å². The Bertz CT molecular complexity index is 340. The van der Waals surface area contributed by atoms with E-state index in [0.29, 0.717) is 6.54 Å². The molecule has 0 aromatic heterocycles. The molecule has 0 amide bonds. The zero-order chi connectivity index (χ0) is 12.8. The quantitative estimate of drug-likeness (QED) is 0.845. The molecule has 2 nitrogen and oxygen atoms in total. The van der Waals surface area contributed by atoms with Gasteiger partial charge in [-0.3, -0.25) is 0 Å². The molecule has 0 spiro atoms. The highest BCUT2D eigenvalue weighted by molar-refractivity contribution is 9.10. The Labute approximate surface area is 114 Å². The van der Waals surface area contributed by atoms with Crippen LogP contribution >= 0.6 is 27.7 Å². The summed E-state index contributed by atoms with van der Waals surface area (Å²) in [6.07, 6.45) is 1.97. The van der Waals surface area contributed by atoms with Crippen molar-refractivity contribution in [1.29, 1.82) is 0 Å². The van der Waals surface area contributed by atoms with E-state index in [1.54, 1.807) is 11.8 Å². The van der Waals surface area contributed by atoms with Crippen LogP contribution in [0.4, 0.5) is 4.39 Å². The van der Waals surface area contributed by atoms with Crippen LogP contribution in [0.5, 0.6) is 0 Å². The number of aliphatic hydroxyl groups is 1. The summed E-state index contributed by atoms with van der Waals surface area (Å²) in [4.78, 5) is 0. The number of hydrogen-bond acceptors (Lipinski definition) is 3. The van der Waals surface area contributed by atoms with Gasteiger partial charge in [-0.05, 0) is 36.9 Å². The molecule has 0 saturated carbocycles. The minimum absolute atomic E-state index is 0.141. The van der Waals surface area contributed by atoms with E-state index in [1.807, 2.05) is 19.2 Å². The topological polar surface area (TPSA) is 32.3 Å². The fraction of sp³-hybridized carbons (Fsp3) is 0.500. The summed E-state index contributed by atoms with van der Waals surface area (Å²) in [5, 5.41) is 12.6. The van der Waals surface area contributed by atoms with Gasteiger partial charge in [0.15, 0.2) is 0 Å². The molecule has 0 bridgehead atoms. The average Bonchev–Trinajstić information content (AvgIpc) is 2.27. The lowest BCUT2D eigenvalue weighted by atomic mass is 10.2. The summed E-state index contributed by atoms with van der Waals surface area (Å²) in [6.45, 7) is 2.75. The van der Waals surface area contributed by atoms with Gasteiger partial charge < -0.3 is 10.4 Å². The number of thioether (sulfide) groups is 1. The molecular formula is C12H17BrFNOS. The molecule has 0 fully saturated rings. The second-order valence-electron chi connectivity index (χ2n) is 3.90. The van der Waals surface area contributed by atoms with E-state index >= 15 is 0 Å². The molecule has 0 aliphatic carbocycles. The molecule has 5 heteroatoms. The van der Waals surface area contributed by atoms with Gasteiger partial charge in [-0.25, -0.2) is 4.39 Å². The van der Waals surface area contributed by atoms with Crippen LogP contribution in [0.1, 0.15) is 12.5 Å². The monoisotopic (exact) mass is 321 g/mol. The summed E-state index contributed by atoms with van der Waals surface area (Å²) in [5.74, 6) is -0.243. The van der Waals surface area contributed by atoms with Gasteiger partial charge in [0.05, 0.1) is 6.61 Å². The van der Waals surface area contributed by atoms with Crippen molar-refractivity contribution in [2.75, 3.05) is 12.9 Å². The fourth-order valence-corrected chi connectivity index (χ4v) is 2.73. The lowest BCUT2D eigenvalue weighted by molar-refractivity contribution is 0.276. The second-order valence-corrected chi connectivity index (χ2v) is 5.90. The summed E-state index contributed by atoms with van der Waals surface area (Å²) in [7, 11) is 0. The van der Waals surface area contributed by atoms with Gasteiger partial charge in [0.25, 0.3) is 0 Å². The molecule has 17 heavy (non-hydrogen) atoms. The maximum atomic E-state index is 13.1. The lowest BCUT2D eigenvalue weighted by Gasteiger charge is -2.21. The van der Waals surface area contributed by atoms with Crippen LogP contribution in [0.25, 0.3) is 0 Å². The minimum atomic E-state index is -0.243. The molecule has 96 valence electrons. The van der Waals surface area contributed by atoms with E-state index in [2.05, 4.69) is 21.2 Å². The molecule has 1 aromatic carbocycles. The summed E-state index contributed by atoms with van der Waals surface area (Å²) in [6, 6.07) is 5.01. The number of nitrogens with one attached hydrogen (secondary N) is 1. The Hall–Kier alpha value is -0.100. The Balaban J connectivity index is 2.55. The Morgan fingerprint density at radius 1 is 1.47 bits per heavy atom. The Kier molecular flexibility index (Phi) is 6.48. The number of rotatable bonds is 6. The van der Waals surface area contributed by atoms with Crippen LogP contribution in [0.2, 0.25) is 0 Å². The molecule has 1 rings (SSSR count). The van der Waals surface area contributed by atoms with E-state index in [0.717, 1.165) is 10.0 Å². The molecule has 0 aliphatic rings. The summed E-state index contributed by atoms with van der Waals surface area (Å²) in [5.41, 5.74) is 0.890. The maximum Gasteiger partial charge on any atom is 0.124 e. The fourth-order valence-electron chi connectivity index (χ4n) is 1.56. The smallest absolute Gasteiger partial charge is 0.124 e. The first kappa shape index (κ1) is 15.0. The molecule has 0 aliphatic heterocycles. The minimum Gasteiger partial charge on any atom is -0.395 e. The normalized spacial score (nSPS) is 14.6. The van der Waals surface area contributed by atoms with E-state index in [1.165, 1.54) is 12.1 Å². The van der Waals surface area contributed by atoms with Crippen molar-refractivity contribution in [3.8, 4) is 0 Å². The van der Waals surface area contributed by atoms with Crippen LogP contribution in [-0.2, 0) is 6.54 Å². The third-order valence-electron chi connectivity index (χ3n) is 2.59. The standard InChI is InChI=1S/C12H17BrFNOS/c1-8(12(7-16)17-2)15-6-9-3-10(13)5-11(14)4-9/h3-5,8,12,15-16H,6-7H2,1-2H3. The van der Waals surface area contributed by atoms with Gasteiger partial charge in [0, 0.05) is 22.3 Å². The van der Waals surface area contributed by atoms with E-state index in [4.69, 9.17) is 5.11 Å². The second kappa shape index (κ2) is 7.36. The van der Waals surface area contributed by atoms with Crippen molar-refractivity contribution in [1.82, 2.24) is 5.32 Å². The molecular weight excluding hydrogens is 305 g/mol. The number of aliphatic hydroxyl groups excluding tert-OH is 1. The highest BCUT2D eigenvalue weighted by atomic mass is 79.9. The summed E-state index contributed by atoms with van der Waals surface area (Å²) < 4.78 is 13.9. The van der Waals surface area contributed by atoms with Crippen molar-refractivity contribution < 1.29 is 9.50 Å². The van der Waals surface area contributed by atoms with E-state index < -0.39 is 0 Å². The molecule has 0 saturated heterocycles. The van der Waals surface area contributed by atoms with Crippen molar-refractivity contribution in [2.45, 2.75) is 24.8 Å². The van der Waals surface area contributed by atoms with E-state index in [-0.39, 0.29) is 23.7 Å². The third kappa shape index (κ3) is 4.95. The van der Waals surface area contributed by atoms with Crippen molar-refractivity contribution in [2.24, 2.45) is 0 Å². The molecule has 2 N–H and O–H groups in total. The molecule has 2 atom stereocenters. The first-order chi connectivity index (χ1) is 8.06. The van der Waals surface area contributed by atoms with Crippen LogP contribution in [0.3, 0.4) is 0 Å². The predicted molar refractivity (Wildman–Crippen MR) is 74.8 cm³/mol. The van der Waals surface area contributed by atoms with E-state index in [9.17, 15) is 4.39 Å².